The summed E-state index contributed by atoms with van der Waals surface area (Å²) in [6.45, 7) is 8.57. The molecule has 0 aliphatic rings. The van der Waals surface area contributed by atoms with Gasteiger partial charge in [0.25, 0.3) is 0 Å². The molecule has 1 atom stereocenters. The van der Waals surface area contributed by atoms with Crippen molar-refractivity contribution in [3.8, 4) is 5.75 Å². The van der Waals surface area contributed by atoms with E-state index in [0.29, 0.717) is 29.2 Å². The van der Waals surface area contributed by atoms with Gasteiger partial charge >= 0.3 is 6.18 Å². The lowest BCUT2D eigenvalue weighted by molar-refractivity contribution is -0.137. The Labute approximate surface area is 200 Å². The molecule has 34 heavy (non-hydrogen) atoms. The first-order valence-corrected chi connectivity index (χ1v) is 11.9. The minimum Gasteiger partial charge on any atom is -0.483 e. The van der Waals surface area contributed by atoms with E-state index < -0.39 is 17.6 Å². The minimum atomic E-state index is -4.56. The molecule has 1 heterocycles. The lowest BCUT2D eigenvalue weighted by atomic mass is 10.0. The lowest BCUT2D eigenvalue weighted by Gasteiger charge is -2.16. The molecule has 1 unspecified atom stereocenters. The number of aromatic nitrogens is 3. The topological polar surface area (TPSA) is 69.0 Å². The van der Waals surface area contributed by atoms with Crippen LogP contribution in [0.2, 0.25) is 0 Å². The Morgan fingerprint density at radius 1 is 1.09 bits per heavy atom. The molecule has 1 N–H and O–H groups in total. The Morgan fingerprint density at radius 2 is 1.76 bits per heavy atom. The van der Waals surface area contributed by atoms with Gasteiger partial charge in [0, 0.05) is 6.54 Å². The van der Waals surface area contributed by atoms with E-state index in [0.717, 1.165) is 17.8 Å². The zero-order valence-corrected chi connectivity index (χ0v) is 20.2. The number of thioether (sulfide) groups is 1. The predicted molar refractivity (Wildman–Crippen MR) is 126 cm³/mol. The van der Waals surface area contributed by atoms with Crippen LogP contribution in [-0.2, 0) is 17.5 Å². The van der Waals surface area contributed by atoms with Crippen LogP contribution in [0.4, 0.5) is 18.9 Å². The van der Waals surface area contributed by atoms with Gasteiger partial charge in [-0.15, -0.1) is 10.2 Å². The number of carbonyl (C=O) groups excluding carboxylic acids is 1. The fraction of sp³-hybridized carbons (Fsp3) is 0.375. The maximum absolute atomic E-state index is 13.1. The third-order valence-electron chi connectivity index (χ3n) is 5.12. The molecule has 3 aromatic rings. The van der Waals surface area contributed by atoms with Gasteiger partial charge in [0.2, 0.25) is 5.91 Å². The Kier molecular flexibility index (Phi) is 8.24. The van der Waals surface area contributed by atoms with E-state index in [1.165, 1.54) is 23.8 Å². The molecule has 1 amide bonds. The fourth-order valence-electron chi connectivity index (χ4n) is 3.35. The van der Waals surface area contributed by atoms with Gasteiger partial charge in [-0.2, -0.15) is 13.2 Å². The molecular weight excluding hydrogens is 465 g/mol. The smallest absolute Gasteiger partial charge is 0.418 e. The van der Waals surface area contributed by atoms with Gasteiger partial charge < -0.3 is 14.6 Å². The van der Waals surface area contributed by atoms with Crippen molar-refractivity contribution in [2.24, 2.45) is 0 Å². The predicted octanol–water partition coefficient (Wildman–Crippen LogP) is 6.31. The fourth-order valence-corrected chi connectivity index (χ4v) is 4.16. The number of hydrogen-bond acceptors (Lipinski definition) is 5. The number of benzene rings is 2. The number of para-hydroxylation sites is 1. The van der Waals surface area contributed by atoms with E-state index in [1.807, 2.05) is 42.7 Å². The number of anilines is 1. The van der Waals surface area contributed by atoms with E-state index in [9.17, 15) is 18.0 Å². The van der Waals surface area contributed by atoms with Gasteiger partial charge in [-0.25, -0.2) is 0 Å². The molecule has 0 saturated heterocycles. The van der Waals surface area contributed by atoms with Crippen molar-refractivity contribution in [3.05, 3.63) is 65.5 Å². The number of halogens is 3. The van der Waals surface area contributed by atoms with E-state index in [1.54, 1.807) is 0 Å². The van der Waals surface area contributed by atoms with E-state index in [-0.39, 0.29) is 17.5 Å². The summed E-state index contributed by atoms with van der Waals surface area (Å²) in [4.78, 5) is 12.3. The highest BCUT2D eigenvalue weighted by molar-refractivity contribution is 7.99. The van der Waals surface area contributed by atoms with Crippen molar-refractivity contribution < 1.29 is 22.7 Å². The van der Waals surface area contributed by atoms with Crippen LogP contribution in [0.5, 0.6) is 5.75 Å². The van der Waals surface area contributed by atoms with Crippen molar-refractivity contribution in [2.75, 3.05) is 11.1 Å². The molecule has 0 fully saturated rings. The van der Waals surface area contributed by atoms with Crippen molar-refractivity contribution in [3.63, 3.8) is 0 Å². The van der Waals surface area contributed by atoms with Crippen LogP contribution >= 0.6 is 11.8 Å². The quantitative estimate of drug-likeness (QED) is 0.355. The van der Waals surface area contributed by atoms with E-state index in [4.69, 9.17) is 4.74 Å². The van der Waals surface area contributed by atoms with Gasteiger partial charge in [0.15, 0.2) is 17.1 Å². The van der Waals surface area contributed by atoms with Crippen LogP contribution in [0.1, 0.15) is 56.7 Å². The highest BCUT2D eigenvalue weighted by Crippen LogP contribution is 2.34. The van der Waals surface area contributed by atoms with Crippen molar-refractivity contribution in [1.29, 1.82) is 0 Å². The zero-order valence-electron chi connectivity index (χ0n) is 19.4. The molecule has 2 aromatic carbocycles. The standard InChI is InChI=1S/C24H27F3N4O2S/c1-5-31-22(16(4)33-18-12-10-17(11-13-18)15(2)3)29-30-23(31)34-14-21(32)28-20-9-7-6-8-19(20)24(25,26)27/h6-13,15-16H,5,14H2,1-4H3,(H,28,32). The number of nitrogens with zero attached hydrogens (tertiary/aromatic N) is 3. The second-order valence-electron chi connectivity index (χ2n) is 7.95. The Morgan fingerprint density at radius 3 is 2.38 bits per heavy atom. The van der Waals surface area contributed by atoms with Crippen LogP contribution in [0.3, 0.4) is 0 Å². The maximum atomic E-state index is 13.1. The van der Waals surface area contributed by atoms with Crippen molar-refractivity contribution in [2.45, 2.75) is 57.6 Å². The molecule has 6 nitrogen and oxygen atoms in total. The van der Waals surface area contributed by atoms with Gasteiger partial charge in [-0.1, -0.05) is 49.9 Å². The maximum Gasteiger partial charge on any atom is 0.418 e. The van der Waals surface area contributed by atoms with Gasteiger partial charge in [0.05, 0.1) is 17.0 Å². The van der Waals surface area contributed by atoms with Crippen molar-refractivity contribution in [1.82, 2.24) is 14.8 Å². The second kappa shape index (κ2) is 10.9. The summed E-state index contributed by atoms with van der Waals surface area (Å²) < 4.78 is 47.3. The molecule has 0 saturated carbocycles. The monoisotopic (exact) mass is 492 g/mol. The van der Waals surface area contributed by atoms with Gasteiger partial charge in [0.1, 0.15) is 5.75 Å². The van der Waals surface area contributed by atoms with Crippen LogP contribution in [0.25, 0.3) is 0 Å². The summed E-state index contributed by atoms with van der Waals surface area (Å²) in [5.74, 6) is 1.05. The number of nitrogens with one attached hydrogen (secondary N) is 1. The Hall–Kier alpha value is -3.01. The normalized spacial score (nSPS) is 12.6. The number of amides is 1. The second-order valence-corrected chi connectivity index (χ2v) is 8.89. The number of alkyl halides is 3. The highest BCUT2D eigenvalue weighted by Gasteiger charge is 2.33. The average Bonchev–Trinajstić information content (AvgIpc) is 3.21. The molecule has 3 rings (SSSR count). The summed E-state index contributed by atoms with van der Waals surface area (Å²) in [5, 5.41) is 11.2. The first-order chi connectivity index (χ1) is 16.1. The molecule has 0 aliphatic heterocycles. The zero-order chi connectivity index (χ0) is 24.9. The SMILES string of the molecule is CCn1c(SCC(=O)Nc2ccccc2C(F)(F)F)nnc1C(C)Oc1ccc(C(C)C)cc1. The number of hydrogen-bond donors (Lipinski definition) is 1. The van der Waals surface area contributed by atoms with Crippen LogP contribution in [-0.4, -0.2) is 26.4 Å². The summed E-state index contributed by atoms with van der Waals surface area (Å²) in [5.41, 5.74) is 0.0510. The van der Waals surface area contributed by atoms with Crippen molar-refractivity contribution >= 4 is 23.4 Å². The van der Waals surface area contributed by atoms with Crippen LogP contribution in [0, 0.1) is 0 Å². The Balaban J connectivity index is 1.65. The molecule has 182 valence electrons. The molecule has 0 spiro atoms. The average molecular weight is 493 g/mol. The number of carbonyl (C=O) groups is 1. The molecule has 1 aromatic heterocycles. The first-order valence-electron chi connectivity index (χ1n) is 10.9. The van der Waals surface area contributed by atoms with Gasteiger partial charge in [-0.05, 0) is 49.6 Å². The highest BCUT2D eigenvalue weighted by atomic mass is 32.2. The molecule has 0 aliphatic carbocycles. The largest absolute Gasteiger partial charge is 0.483 e. The van der Waals surface area contributed by atoms with E-state index in [2.05, 4.69) is 29.4 Å². The molecular formula is C24H27F3N4O2S. The number of ether oxygens (including phenoxy) is 1. The number of rotatable bonds is 9. The Bertz CT molecular complexity index is 1110. The minimum absolute atomic E-state index is 0.115. The first kappa shape index (κ1) is 25.6. The summed E-state index contributed by atoms with van der Waals surface area (Å²) in [7, 11) is 0. The van der Waals surface area contributed by atoms with Crippen LogP contribution < -0.4 is 10.1 Å². The van der Waals surface area contributed by atoms with Crippen LogP contribution in [0.15, 0.2) is 53.7 Å². The molecule has 0 radical (unpaired) electrons. The molecule has 10 heteroatoms. The van der Waals surface area contributed by atoms with E-state index >= 15 is 0 Å². The third kappa shape index (κ3) is 6.31. The summed E-state index contributed by atoms with van der Waals surface area (Å²) in [6.07, 6.45) is -4.95. The molecule has 0 bridgehead atoms. The van der Waals surface area contributed by atoms with Gasteiger partial charge in [-0.3, -0.25) is 4.79 Å². The lowest BCUT2D eigenvalue weighted by Crippen LogP contribution is -2.18. The third-order valence-corrected chi connectivity index (χ3v) is 6.09. The summed E-state index contributed by atoms with van der Waals surface area (Å²) >= 11 is 1.10. The summed E-state index contributed by atoms with van der Waals surface area (Å²) in [6, 6.07) is 12.7.